The van der Waals surface area contributed by atoms with Crippen molar-refractivity contribution in [2.75, 3.05) is 5.73 Å². The van der Waals surface area contributed by atoms with Crippen LogP contribution in [0.4, 0.5) is 5.69 Å². The normalized spacial score (nSPS) is 9.55. The van der Waals surface area contributed by atoms with Gasteiger partial charge in [0.15, 0.2) is 0 Å². The second kappa shape index (κ2) is 2.66. The van der Waals surface area contributed by atoms with Crippen molar-refractivity contribution in [3.63, 3.8) is 0 Å². The van der Waals surface area contributed by atoms with Gasteiger partial charge in [-0.1, -0.05) is 18.7 Å². The second-order valence-corrected chi connectivity index (χ2v) is 2.56. The molecule has 0 saturated carbocycles. The number of hydrogen-bond acceptors (Lipinski definition) is 2. The van der Waals surface area contributed by atoms with Gasteiger partial charge in [0.25, 0.3) is 0 Å². The van der Waals surface area contributed by atoms with E-state index in [0.717, 1.165) is 11.1 Å². The molecular weight excluding hydrogens is 136 g/mol. The lowest BCUT2D eigenvalue weighted by Crippen LogP contribution is -2.01. The Morgan fingerprint density at radius 3 is 2.45 bits per heavy atom. The molecule has 1 aromatic carbocycles. The van der Waals surface area contributed by atoms with Gasteiger partial charge in [-0.05, 0) is 18.6 Å². The number of hydrogen-bond donors (Lipinski definition) is 2. The maximum absolute atomic E-state index is 5.68. The molecule has 0 saturated heterocycles. The third-order valence-corrected chi connectivity index (χ3v) is 1.63. The van der Waals surface area contributed by atoms with E-state index in [2.05, 4.69) is 6.58 Å². The molecule has 0 radical (unpaired) electrons. The molecule has 2 heteroatoms. The first-order chi connectivity index (χ1) is 5.13. The van der Waals surface area contributed by atoms with Crippen LogP contribution in [0.5, 0.6) is 0 Å². The molecule has 0 aliphatic carbocycles. The third kappa shape index (κ3) is 1.34. The van der Waals surface area contributed by atoms with E-state index in [1.807, 2.05) is 25.1 Å². The Hall–Kier alpha value is -1.44. The highest BCUT2D eigenvalue weighted by Gasteiger charge is 2.01. The van der Waals surface area contributed by atoms with E-state index >= 15 is 0 Å². The average molecular weight is 148 g/mol. The Bertz CT molecular complexity index is 269. The first-order valence-electron chi connectivity index (χ1n) is 3.42. The van der Waals surface area contributed by atoms with Crippen molar-refractivity contribution in [2.24, 2.45) is 5.73 Å². The minimum Gasteiger partial charge on any atom is -0.399 e. The summed E-state index contributed by atoms with van der Waals surface area (Å²) in [4.78, 5) is 0. The SMILES string of the molecule is C=C(N)c1c(C)cccc1N. The molecule has 1 aromatic rings. The van der Waals surface area contributed by atoms with Gasteiger partial charge >= 0.3 is 0 Å². The van der Waals surface area contributed by atoms with Crippen molar-refractivity contribution < 1.29 is 0 Å². The van der Waals surface area contributed by atoms with Gasteiger partial charge in [-0.15, -0.1) is 0 Å². The molecule has 58 valence electrons. The Balaban J connectivity index is 3.32. The molecule has 2 nitrogen and oxygen atoms in total. The summed E-state index contributed by atoms with van der Waals surface area (Å²) in [6.07, 6.45) is 0. The lowest BCUT2D eigenvalue weighted by Gasteiger charge is -2.07. The summed E-state index contributed by atoms with van der Waals surface area (Å²) >= 11 is 0. The number of anilines is 1. The van der Waals surface area contributed by atoms with Crippen LogP contribution in [0.2, 0.25) is 0 Å². The molecule has 0 unspecified atom stereocenters. The summed E-state index contributed by atoms with van der Waals surface area (Å²) in [6, 6.07) is 5.68. The van der Waals surface area contributed by atoms with Gasteiger partial charge in [0.1, 0.15) is 0 Å². The van der Waals surface area contributed by atoms with Crippen LogP contribution in [0.15, 0.2) is 24.8 Å². The van der Waals surface area contributed by atoms with Gasteiger partial charge < -0.3 is 11.5 Å². The monoisotopic (exact) mass is 148 g/mol. The van der Waals surface area contributed by atoms with Crippen LogP contribution in [0, 0.1) is 6.92 Å². The first kappa shape index (κ1) is 7.66. The Labute approximate surface area is 66.5 Å². The highest BCUT2D eigenvalue weighted by Crippen LogP contribution is 2.20. The van der Waals surface area contributed by atoms with Crippen LogP contribution in [-0.4, -0.2) is 0 Å². The average Bonchev–Trinajstić information content (AvgIpc) is 1.85. The van der Waals surface area contributed by atoms with Crippen molar-refractivity contribution in [1.82, 2.24) is 0 Å². The van der Waals surface area contributed by atoms with Crippen molar-refractivity contribution in [3.05, 3.63) is 35.9 Å². The molecule has 4 N–H and O–H groups in total. The molecule has 1 rings (SSSR count). The molecular formula is C9H12N2. The van der Waals surface area contributed by atoms with Crippen molar-refractivity contribution in [2.45, 2.75) is 6.92 Å². The van der Waals surface area contributed by atoms with Crippen molar-refractivity contribution in [1.29, 1.82) is 0 Å². The second-order valence-electron chi connectivity index (χ2n) is 2.56. The van der Waals surface area contributed by atoms with Gasteiger partial charge in [0, 0.05) is 16.9 Å². The molecule has 0 aliphatic heterocycles. The number of nitrogens with two attached hydrogens (primary N) is 2. The molecule has 0 fully saturated rings. The lowest BCUT2D eigenvalue weighted by molar-refractivity contribution is 1.40. The molecule has 0 heterocycles. The minimum absolute atomic E-state index is 0.528. The first-order valence-corrected chi connectivity index (χ1v) is 3.42. The van der Waals surface area contributed by atoms with Crippen LogP contribution in [0.3, 0.4) is 0 Å². The summed E-state index contributed by atoms with van der Waals surface area (Å²) in [5.41, 5.74) is 14.4. The molecule has 0 spiro atoms. The van der Waals surface area contributed by atoms with Gasteiger partial charge in [0.05, 0.1) is 0 Å². The number of benzene rings is 1. The van der Waals surface area contributed by atoms with Crippen LogP contribution >= 0.6 is 0 Å². The van der Waals surface area contributed by atoms with E-state index in [-0.39, 0.29) is 0 Å². The van der Waals surface area contributed by atoms with E-state index in [9.17, 15) is 0 Å². The minimum atomic E-state index is 0.528. The highest BCUT2D eigenvalue weighted by molar-refractivity contribution is 5.74. The largest absolute Gasteiger partial charge is 0.399 e. The highest BCUT2D eigenvalue weighted by atomic mass is 14.6. The van der Waals surface area contributed by atoms with Crippen LogP contribution < -0.4 is 11.5 Å². The summed E-state index contributed by atoms with van der Waals surface area (Å²) in [5.74, 6) is 0. The zero-order valence-electron chi connectivity index (χ0n) is 6.59. The maximum atomic E-state index is 5.68. The topological polar surface area (TPSA) is 52.0 Å². The molecule has 0 aromatic heterocycles. The van der Waals surface area contributed by atoms with E-state index < -0.39 is 0 Å². The third-order valence-electron chi connectivity index (χ3n) is 1.63. The molecule has 0 bridgehead atoms. The Morgan fingerprint density at radius 1 is 1.45 bits per heavy atom. The van der Waals surface area contributed by atoms with Gasteiger partial charge in [-0.2, -0.15) is 0 Å². The van der Waals surface area contributed by atoms with Gasteiger partial charge in [-0.3, -0.25) is 0 Å². The Morgan fingerprint density at radius 2 is 2.09 bits per heavy atom. The molecule has 0 amide bonds. The summed E-state index contributed by atoms with van der Waals surface area (Å²) in [7, 11) is 0. The van der Waals surface area contributed by atoms with Crippen LogP contribution in [0.1, 0.15) is 11.1 Å². The maximum Gasteiger partial charge on any atom is 0.0410 e. The fourth-order valence-corrected chi connectivity index (χ4v) is 1.13. The molecule has 0 atom stereocenters. The number of nitrogen functional groups attached to an aromatic ring is 1. The zero-order chi connectivity index (χ0) is 8.43. The van der Waals surface area contributed by atoms with Crippen LogP contribution in [-0.2, 0) is 0 Å². The van der Waals surface area contributed by atoms with Crippen molar-refractivity contribution in [3.8, 4) is 0 Å². The fraction of sp³-hybridized carbons (Fsp3) is 0.111. The summed E-state index contributed by atoms with van der Waals surface area (Å²) < 4.78 is 0. The number of aryl methyl sites for hydroxylation is 1. The lowest BCUT2D eigenvalue weighted by atomic mass is 10.1. The quantitative estimate of drug-likeness (QED) is 0.593. The van der Waals surface area contributed by atoms with E-state index in [4.69, 9.17) is 11.5 Å². The summed E-state index contributed by atoms with van der Waals surface area (Å²) in [6.45, 7) is 5.61. The predicted octanol–water partition coefficient (Wildman–Crippen LogP) is 1.51. The number of rotatable bonds is 1. The molecule has 11 heavy (non-hydrogen) atoms. The van der Waals surface area contributed by atoms with E-state index in [0.29, 0.717) is 11.4 Å². The van der Waals surface area contributed by atoms with Gasteiger partial charge in [0.2, 0.25) is 0 Å². The zero-order valence-corrected chi connectivity index (χ0v) is 6.59. The standard InChI is InChI=1S/C9H12N2/c1-6-4-3-5-8(11)9(6)7(2)10/h3-5H,2,10-11H2,1H3. The fourth-order valence-electron chi connectivity index (χ4n) is 1.13. The Kier molecular flexibility index (Phi) is 1.85. The van der Waals surface area contributed by atoms with E-state index in [1.165, 1.54) is 0 Å². The predicted molar refractivity (Wildman–Crippen MR) is 48.8 cm³/mol. The van der Waals surface area contributed by atoms with Crippen molar-refractivity contribution >= 4 is 11.4 Å². The van der Waals surface area contributed by atoms with E-state index in [1.54, 1.807) is 0 Å². The smallest absolute Gasteiger partial charge is 0.0410 e. The van der Waals surface area contributed by atoms with Gasteiger partial charge in [-0.25, -0.2) is 0 Å². The molecule has 0 aliphatic rings. The van der Waals surface area contributed by atoms with Crippen LogP contribution in [0.25, 0.3) is 5.70 Å². The summed E-state index contributed by atoms with van der Waals surface area (Å²) in [5, 5.41) is 0.